The van der Waals surface area contributed by atoms with E-state index in [4.69, 9.17) is 0 Å². The fourth-order valence-electron chi connectivity index (χ4n) is 2.17. The Balaban J connectivity index is 1.75. The van der Waals surface area contributed by atoms with E-state index in [9.17, 15) is 22.4 Å². The van der Waals surface area contributed by atoms with Crippen LogP contribution >= 0.6 is 0 Å². The van der Waals surface area contributed by atoms with Crippen LogP contribution in [0, 0.1) is 5.82 Å². The van der Waals surface area contributed by atoms with Gasteiger partial charge in [-0.1, -0.05) is 11.3 Å². The minimum atomic E-state index is -4.81. The van der Waals surface area contributed by atoms with Gasteiger partial charge in [0.25, 0.3) is 5.91 Å². The van der Waals surface area contributed by atoms with Crippen molar-refractivity contribution < 1.29 is 22.4 Å². The largest absolute Gasteiger partial charge is 0.419 e. The summed E-state index contributed by atoms with van der Waals surface area (Å²) in [5.41, 5.74) is -0.465. The van der Waals surface area contributed by atoms with Gasteiger partial charge in [-0.15, -0.1) is 5.10 Å². The molecule has 0 aliphatic heterocycles. The van der Waals surface area contributed by atoms with Crippen LogP contribution in [0.25, 0.3) is 5.52 Å². The maximum atomic E-state index is 13.5. The first-order valence-electron chi connectivity index (χ1n) is 6.80. The summed E-state index contributed by atoms with van der Waals surface area (Å²) in [5.74, 6) is -2.20. The van der Waals surface area contributed by atoms with Crippen molar-refractivity contribution in [1.29, 1.82) is 0 Å². The van der Waals surface area contributed by atoms with Crippen LogP contribution in [0.3, 0.4) is 0 Å². The van der Waals surface area contributed by atoms with Gasteiger partial charge < -0.3 is 5.32 Å². The highest BCUT2D eigenvalue weighted by molar-refractivity contribution is 5.94. The van der Waals surface area contributed by atoms with E-state index in [0.717, 1.165) is 6.07 Å². The molecule has 1 amide bonds. The van der Waals surface area contributed by atoms with Crippen molar-refractivity contribution in [2.45, 2.75) is 12.7 Å². The second kappa shape index (κ2) is 5.91. The average molecular weight is 338 g/mol. The van der Waals surface area contributed by atoms with E-state index < -0.39 is 23.5 Å². The predicted octanol–water partition coefficient (Wildman–Crippen LogP) is 2.82. The number of aromatic nitrogens is 3. The van der Waals surface area contributed by atoms with Crippen molar-refractivity contribution in [3.05, 3.63) is 65.2 Å². The van der Waals surface area contributed by atoms with Gasteiger partial charge in [0.1, 0.15) is 11.5 Å². The van der Waals surface area contributed by atoms with Crippen LogP contribution in [0.2, 0.25) is 0 Å². The topological polar surface area (TPSA) is 59.3 Å². The summed E-state index contributed by atoms with van der Waals surface area (Å²) in [6, 6.07) is 7.30. The molecule has 2 heterocycles. The Hall–Kier alpha value is -2.97. The molecule has 0 bridgehead atoms. The zero-order chi connectivity index (χ0) is 17.3. The summed E-state index contributed by atoms with van der Waals surface area (Å²) in [7, 11) is 0. The van der Waals surface area contributed by atoms with E-state index in [1.165, 1.54) is 4.52 Å². The highest BCUT2D eigenvalue weighted by Gasteiger charge is 2.34. The number of alkyl halides is 3. The van der Waals surface area contributed by atoms with Gasteiger partial charge in [0.2, 0.25) is 0 Å². The van der Waals surface area contributed by atoms with Gasteiger partial charge in [0.15, 0.2) is 0 Å². The molecular formula is C15H10F4N4O. The average Bonchev–Trinajstić information content (AvgIpc) is 2.94. The Morgan fingerprint density at radius 2 is 2.00 bits per heavy atom. The second-order valence-electron chi connectivity index (χ2n) is 4.94. The molecule has 0 unspecified atom stereocenters. The van der Waals surface area contributed by atoms with Gasteiger partial charge in [-0.05, 0) is 30.3 Å². The monoisotopic (exact) mass is 338 g/mol. The molecule has 0 aliphatic carbocycles. The van der Waals surface area contributed by atoms with Crippen molar-refractivity contribution in [1.82, 2.24) is 20.1 Å². The summed E-state index contributed by atoms with van der Waals surface area (Å²) in [4.78, 5) is 12.0. The normalized spacial score (nSPS) is 11.7. The Kier molecular flexibility index (Phi) is 3.92. The molecule has 0 fully saturated rings. The van der Waals surface area contributed by atoms with Gasteiger partial charge in [-0.3, -0.25) is 4.79 Å². The number of pyridine rings is 1. The highest BCUT2D eigenvalue weighted by Crippen LogP contribution is 2.31. The minimum absolute atomic E-state index is 0.00892. The van der Waals surface area contributed by atoms with Gasteiger partial charge in [0.05, 0.1) is 17.6 Å². The molecule has 0 atom stereocenters. The lowest BCUT2D eigenvalue weighted by molar-refractivity contribution is -0.140. The Morgan fingerprint density at radius 1 is 1.21 bits per heavy atom. The summed E-state index contributed by atoms with van der Waals surface area (Å²) < 4.78 is 52.5. The zero-order valence-corrected chi connectivity index (χ0v) is 12.0. The SMILES string of the molecule is O=C(NCc1nnn2ccccc12)c1ccc(C(F)(F)F)c(F)c1. The number of amides is 1. The van der Waals surface area contributed by atoms with E-state index >= 15 is 0 Å². The number of nitrogens with one attached hydrogen (secondary N) is 1. The predicted molar refractivity (Wildman–Crippen MR) is 75.6 cm³/mol. The third kappa shape index (κ3) is 3.05. The standard InChI is InChI=1S/C15H10F4N4O/c16-11-7-9(4-5-10(11)15(17,18)19)14(24)20-8-12-13-3-1-2-6-23(13)22-21-12/h1-7H,8H2,(H,20,24). The molecule has 0 saturated heterocycles. The van der Waals surface area contributed by atoms with Crippen LogP contribution < -0.4 is 5.32 Å². The van der Waals surface area contributed by atoms with Gasteiger partial charge >= 0.3 is 6.18 Å². The van der Waals surface area contributed by atoms with Gasteiger partial charge in [-0.25, -0.2) is 8.91 Å². The third-order valence-electron chi connectivity index (χ3n) is 3.35. The van der Waals surface area contributed by atoms with E-state index in [1.807, 2.05) is 0 Å². The number of nitrogens with zero attached hydrogens (tertiary/aromatic N) is 3. The number of halogens is 4. The molecular weight excluding hydrogens is 328 g/mol. The van der Waals surface area contributed by atoms with Crippen LogP contribution in [0.1, 0.15) is 21.6 Å². The second-order valence-corrected chi connectivity index (χ2v) is 4.94. The van der Waals surface area contributed by atoms with E-state index in [-0.39, 0.29) is 12.1 Å². The van der Waals surface area contributed by atoms with Crippen molar-refractivity contribution in [2.24, 2.45) is 0 Å². The minimum Gasteiger partial charge on any atom is -0.346 e. The molecule has 3 rings (SSSR count). The molecule has 0 spiro atoms. The van der Waals surface area contributed by atoms with E-state index in [1.54, 1.807) is 24.4 Å². The first-order chi connectivity index (χ1) is 11.4. The van der Waals surface area contributed by atoms with Crippen LogP contribution in [-0.4, -0.2) is 20.7 Å². The summed E-state index contributed by atoms with van der Waals surface area (Å²) in [6.45, 7) is 0.00892. The fraction of sp³-hybridized carbons (Fsp3) is 0.133. The number of carbonyl (C=O) groups excluding carboxylic acids is 1. The lowest BCUT2D eigenvalue weighted by atomic mass is 10.1. The third-order valence-corrected chi connectivity index (χ3v) is 3.35. The molecule has 24 heavy (non-hydrogen) atoms. The van der Waals surface area contributed by atoms with E-state index in [2.05, 4.69) is 15.6 Å². The maximum absolute atomic E-state index is 13.5. The number of hydrogen-bond donors (Lipinski definition) is 1. The Labute approximate surface area is 132 Å². The number of fused-ring (bicyclic) bond motifs is 1. The molecule has 0 radical (unpaired) electrons. The molecule has 2 aromatic heterocycles. The van der Waals surface area contributed by atoms with Crippen molar-refractivity contribution >= 4 is 11.4 Å². The molecule has 0 saturated carbocycles. The first-order valence-corrected chi connectivity index (χ1v) is 6.80. The highest BCUT2D eigenvalue weighted by atomic mass is 19.4. The van der Waals surface area contributed by atoms with E-state index in [0.29, 0.717) is 23.3 Å². The summed E-state index contributed by atoms with van der Waals surface area (Å²) in [5, 5.41) is 10.2. The summed E-state index contributed by atoms with van der Waals surface area (Å²) in [6.07, 6.45) is -3.13. The van der Waals surface area contributed by atoms with Crippen LogP contribution in [0.5, 0.6) is 0 Å². The lowest BCUT2D eigenvalue weighted by Crippen LogP contribution is -2.23. The molecule has 1 N–H and O–H groups in total. The molecule has 124 valence electrons. The molecule has 0 aliphatic rings. The smallest absolute Gasteiger partial charge is 0.346 e. The summed E-state index contributed by atoms with van der Waals surface area (Å²) >= 11 is 0. The van der Waals surface area contributed by atoms with Gasteiger partial charge in [-0.2, -0.15) is 13.2 Å². The van der Waals surface area contributed by atoms with Crippen LogP contribution in [0.4, 0.5) is 17.6 Å². The molecule has 1 aromatic carbocycles. The van der Waals surface area contributed by atoms with Crippen molar-refractivity contribution in [2.75, 3.05) is 0 Å². The number of benzene rings is 1. The number of rotatable bonds is 3. The first kappa shape index (κ1) is 15.9. The molecule has 3 aromatic rings. The Bertz CT molecular complexity index is 904. The van der Waals surface area contributed by atoms with Crippen LogP contribution in [-0.2, 0) is 12.7 Å². The molecule has 5 nitrogen and oxygen atoms in total. The molecule has 9 heteroatoms. The zero-order valence-electron chi connectivity index (χ0n) is 12.0. The quantitative estimate of drug-likeness (QED) is 0.747. The lowest BCUT2D eigenvalue weighted by Gasteiger charge is -2.09. The van der Waals surface area contributed by atoms with Gasteiger partial charge in [0, 0.05) is 11.8 Å². The Morgan fingerprint density at radius 3 is 2.71 bits per heavy atom. The number of carbonyl (C=O) groups is 1. The maximum Gasteiger partial charge on any atom is 0.419 e. The number of hydrogen-bond acceptors (Lipinski definition) is 3. The fourth-order valence-corrected chi connectivity index (χ4v) is 2.17. The van der Waals surface area contributed by atoms with Crippen molar-refractivity contribution in [3.63, 3.8) is 0 Å². The van der Waals surface area contributed by atoms with Crippen LogP contribution in [0.15, 0.2) is 42.6 Å². The van der Waals surface area contributed by atoms with Crippen molar-refractivity contribution in [3.8, 4) is 0 Å².